The van der Waals surface area contributed by atoms with Gasteiger partial charge in [0.15, 0.2) is 5.15 Å². The van der Waals surface area contributed by atoms with Crippen LogP contribution in [0.1, 0.15) is 48.9 Å². The molecule has 4 rings (SSSR count). The quantitative estimate of drug-likeness (QED) is 0.815. The van der Waals surface area contributed by atoms with Crippen LogP contribution >= 0.6 is 11.6 Å². The SMILES string of the molecule is Cn1c(C2CC2)c2cnnc(Cl)c2c1C1CC1. The minimum absolute atomic E-state index is 0.576. The molecule has 2 aliphatic rings. The smallest absolute Gasteiger partial charge is 0.161 e. The molecule has 0 atom stereocenters. The molecule has 2 aliphatic carbocycles. The van der Waals surface area contributed by atoms with Gasteiger partial charge in [-0.15, -0.1) is 5.10 Å². The van der Waals surface area contributed by atoms with Gasteiger partial charge in [-0.3, -0.25) is 0 Å². The Morgan fingerprint density at radius 2 is 1.82 bits per heavy atom. The molecule has 17 heavy (non-hydrogen) atoms. The molecule has 2 heterocycles. The molecule has 0 radical (unpaired) electrons. The summed E-state index contributed by atoms with van der Waals surface area (Å²) in [4.78, 5) is 0. The van der Waals surface area contributed by atoms with Crippen LogP contribution in [0.2, 0.25) is 5.15 Å². The Morgan fingerprint density at radius 1 is 1.18 bits per heavy atom. The van der Waals surface area contributed by atoms with Crippen molar-refractivity contribution in [2.45, 2.75) is 37.5 Å². The Bertz CT molecular complexity index is 609. The largest absolute Gasteiger partial charge is 0.350 e. The monoisotopic (exact) mass is 247 g/mol. The maximum Gasteiger partial charge on any atom is 0.161 e. The van der Waals surface area contributed by atoms with E-state index in [2.05, 4.69) is 21.8 Å². The molecular formula is C13H14ClN3. The van der Waals surface area contributed by atoms with E-state index in [1.165, 1.54) is 42.5 Å². The molecule has 0 saturated heterocycles. The number of aromatic nitrogens is 3. The first-order chi connectivity index (χ1) is 8.27. The van der Waals surface area contributed by atoms with Gasteiger partial charge in [0.05, 0.1) is 6.20 Å². The summed E-state index contributed by atoms with van der Waals surface area (Å²) in [6, 6.07) is 0. The zero-order valence-electron chi connectivity index (χ0n) is 9.78. The molecule has 0 unspecified atom stereocenters. The first-order valence-corrected chi connectivity index (χ1v) is 6.64. The van der Waals surface area contributed by atoms with Crippen LogP contribution in [0.5, 0.6) is 0 Å². The van der Waals surface area contributed by atoms with Gasteiger partial charge in [-0.1, -0.05) is 11.6 Å². The highest BCUT2D eigenvalue weighted by Gasteiger charge is 2.36. The summed E-state index contributed by atoms with van der Waals surface area (Å²) in [5.41, 5.74) is 2.82. The molecule has 2 aromatic rings. The van der Waals surface area contributed by atoms with E-state index in [1.54, 1.807) is 0 Å². The average molecular weight is 248 g/mol. The fourth-order valence-corrected chi connectivity index (χ4v) is 3.21. The Kier molecular flexibility index (Phi) is 1.88. The van der Waals surface area contributed by atoms with Gasteiger partial charge in [0.1, 0.15) is 0 Å². The van der Waals surface area contributed by atoms with E-state index in [0.717, 1.165) is 11.3 Å². The van der Waals surface area contributed by atoms with Gasteiger partial charge in [0, 0.05) is 29.2 Å². The molecule has 0 spiro atoms. The normalized spacial score (nSPS) is 20.1. The van der Waals surface area contributed by atoms with Crippen molar-refractivity contribution in [2.24, 2.45) is 7.05 Å². The van der Waals surface area contributed by atoms with Crippen molar-refractivity contribution in [2.75, 3.05) is 0 Å². The van der Waals surface area contributed by atoms with Gasteiger partial charge < -0.3 is 4.57 Å². The Labute approximate surface area is 105 Å². The molecule has 0 aromatic carbocycles. The van der Waals surface area contributed by atoms with Gasteiger partial charge >= 0.3 is 0 Å². The Morgan fingerprint density at radius 3 is 2.47 bits per heavy atom. The molecular weight excluding hydrogens is 234 g/mol. The van der Waals surface area contributed by atoms with Gasteiger partial charge in [0.25, 0.3) is 0 Å². The summed E-state index contributed by atoms with van der Waals surface area (Å²) in [6.45, 7) is 0. The number of fused-ring (bicyclic) bond motifs is 1. The third-order valence-corrected chi connectivity index (χ3v) is 4.26. The molecule has 3 nitrogen and oxygen atoms in total. The van der Waals surface area contributed by atoms with E-state index in [-0.39, 0.29) is 0 Å². The summed E-state index contributed by atoms with van der Waals surface area (Å²) in [7, 11) is 2.18. The van der Waals surface area contributed by atoms with Gasteiger partial charge in [-0.25, -0.2) is 0 Å². The number of rotatable bonds is 2. The van der Waals surface area contributed by atoms with Crippen LogP contribution in [0.15, 0.2) is 6.20 Å². The fourth-order valence-electron chi connectivity index (χ4n) is 2.96. The van der Waals surface area contributed by atoms with Crippen molar-refractivity contribution in [3.63, 3.8) is 0 Å². The first kappa shape index (κ1) is 9.89. The molecule has 4 heteroatoms. The van der Waals surface area contributed by atoms with Crippen LogP contribution in [0.25, 0.3) is 10.8 Å². The maximum atomic E-state index is 6.26. The molecule has 0 N–H and O–H groups in total. The third-order valence-electron chi connectivity index (χ3n) is 3.99. The minimum Gasteiger partial charge on any atom is -0.350 e. The van der Waals surface area contributed by atoms with E-state index < -0.39 is 0 Å². The number of hydrogen-bond acceptors (Lipinski definition) is 2. The van der Waals surface area contributed by atoms with Crippen LogP contribution in [-0.2, 0) is 7.05 Å². The van der Waals surface area contributed by atoms with Crippen LogP contribution < -0.4 is 0 Å². The second-order valence-corrected chi connectivity index (χ2v) is 5.66. The Balaban J connectivity index is 2.11. The lowest BCUT2D eigenvalue weighted by molar-refractivity contribution is 0.777. The lowest BCUT2D eigenvalue weighted by atomic mass is 10.1. The van der Waals surface area contributed by atoms with Crippen LogP contribution in [0.4, 0.5) is 0 Å². The second-order valence-electron chi connectivity index (χ2n) is 5.30. The highest BCUT2D eigenvalue weighted by Crippen LogP contribution is 2.50. The molecule has 2 saturated carbocycles. The average Bonchev–Trinajstić information content (AvgIpc) is 3.18. The topological polar surface area (TPSA) is 30.7 Å². The maximum absolute atomic E-state index is 6.26. The molecule has 88 valence electrons. The van der Waals surface area contributed by atoms with E-state index >= 15 is 0 Å². The fraction of sp³-hybridized carbons (Fsp3) is 0.538. The minimum atomic E-state index is 0.576. The van der Waals surface area contributed by atoms with Crippen LogP contribution in [0, 0.1) is 0 Å². The molecule has 0 amide bonds. The van der Waals surface area contributed by atoms with Gasteiger partial charge in [-0.2, -0.15) is 5.10 Å². The predicted molar refractivity (Wildman–Crippen MR) is 67.5 cm³/mol. The second kappa shape index (κ2) is 3.22. The number of nitrogens with zero attached hydrogens (tertiary/aromatic N) is 3. The van der Waals surface area contributed by atoms with E-state index in [1.807, 2.05) is 6.20 Å². The van der Waals surface area contributed by atoms with E-state index in [9.17, 15) is 0 Å². The van der Waals surface area contributed by atoms with Crippen molar-refractivity contribution < 1.29 is 0 Å². The van der Waals surface area contributed by atoms with Crippen LogP contribution in [-0.4, -0.2) is 14.8 Å². The summed E-state index contributed by atoms with van der Waals surface area (Å²) < 4.78 is 2.37. The molecule has 2 aromatic heterocycles. The highest BCUT2D eigenvalue weighted by molar-refractivity contribution is 6.34. The van der Waals surface area contributed by atoms with Crippen molar-refractivity contribution in [1.29, 1.82) is 0 Å². The summed E-state index contributed by atoms with van der Waals surface area (Å²) in [5, 5.41) is 11.0. The highest BCUT2D eigenvalue weighted by atomic mass is 35.5. The lowest BCUT2D eigenvalue weighted by Crippen LogP contribution is -1.98. The predicted octanol–water partition coefficient (Wildman–Crippen LogP) is 3.38. The summed E-state index contributed by atoms with van der Waals surface area (Å²) >= 11 is 6.26. The van der Waals surface area contributed by atoms with Crippen LogP contribution in [0.3, 0.4) is 0 Å². The molecule has 0 bridgehead atoms. The zero-order valence-corrected chi connectivity index (χ0v) is 10.5. The van der Waals surface area contributed by atoms with Gasteiger partial charge in [0.2, 0.25) is 0 Å². The summed E-state index contributed by atoms with van der Waals surface area (Å²) in [6.07, 6.45) is 7.07. The van der Waals surface area contributed by atoms with Gasteiger partial charge in [-0.05, 0) is 37.5 Å². The summed E-state index contributed by atoms with van der Waals surface area (Å²) in [5.74, 6) is 1.41. The van der Waals surface area contributed by atoms with Crippen molar-refractivity contribution >= 4 is 22.4 Å². The molecule has 2 fully saturated rings. The zero-order chi connectivity index (χ0) is 11.6. The van der Waals surface area contributed by atoms with Crippen molar-refractivity contribution in [3.8, 4) is 0 Å². The Hall–Kier alpha value is -1.09. The third kappa shape index (κ3) is 1.35. The van der Waals surface area contributed by atoms with Crippen molar-refractivity contribution in [3.05, 3.63) is 22.7 Å². The van der Waals surface area contributed by atoms with Crippen molar-refractivity contribution in [1.82, 2.24) is 14.8 Å². The van der Waals surface area contributed by atoms with E-state index in [4.69, 9.17) is 11.6 Å². The molecule has 0 aliphatic heterocycles. The number of halogens is 1. The lowest BCUT2D eigenvalue weighted by Gasteiger charge is -2.05. The standard InChI is InChI=1S/C13H14ClN3/c1-17-11(7-2-3-7)9-6-15-16-13(14)10(9)12(17)8-4-5-8/h6-8H,2-5H2,1H3. The first-order valence-electron chi connectivity index (χ1n) is 6.26. The number of hydrogen-bond donors (Lipinski definition) is 0. The van der Waals surface area contributed by atoms with E-state index in [0.29, 0.717) is 11.1 Å².